The van der Waals surface area contributed by atoms with Crippen LogP contribution in [0, 0.1) is 0 Å². The van der Waals surface area contributed by atoms with E-state index in [1.807, 2.05) is 0 Å². The predicted octanol–water partition coefficient (Wildman–Crippen LogP) is 1.96. The van der Waals surface area contributed by atoms with Crippen LogP contribution < -0.4 is 15.6 Å². The van der Waals surface area contributed by atoms with Crippen molar-refractivity contribution in [2.45, 2.75) is 6.61 Å². The molecule has 0 saturated heterocycles. The minimum absolute atomic E-state index is 0.0186. The second kappa shape index (κ2) is 6.51. The summed E-state index contributed by atoms with van der Waals surface area (Å²) in [5, 5.41) is 0. The number of hydrogen-bond acceptors (Lipinski definition) is 4. The van der Waals surface area contributed by atoms with E-state index in [-0.39, 0.29) is 17.1 Å². The van der Waals surface area contributed by atoms with Gasteiger partial charge in [0.2, 0.25) is 0 Å². The van der Waals surface area contributed by atoms with Gasteiger partial charge in [-0.05, 0) is 30.3 Å². The first-order valence-electron chi connectivity index (χ1n) is 5.75. The molecule has 6 nitrogen and oxygen atoms in total. The third-order valence-corrected chi connectivity index (χ3v) is 2.36. The molecule has 0 fully saturated rings. The van der Waals surface area contributed by atoms with Gasteiger partial charge in [-0.25, -0.2) is 0 Å². The Balaban J connectivity index is 1.95. The molecule has 0 aliphatic carbocycles. The van der Waals surface area contributed by atoms with Gasteiger partial charge in [0.05, 0.1) is 6.26 Å². The molecule has 0 radical (unpaired) electrons. The number of furan rings is 1. The van der Waals surface area contributed by atoms with E-state index in [1.54, 1.807) is 0 Å². The molecule has 1 aromatic carbocycles. The molecule has 8 heteroatoms. The van der Waals surface area contributed by atoms with Crippen LogP contribution >= 0.6 is 0 Å². The number of benzene rings is 1. The quantitative estimate of drug-likeness (QED) is 0.845. The number of ether oxygens (including phenoxy) is 1. The fraction of sp³-hybridized carbons (Fsp3) is 0.0769. The molecule has 0 atom stereocenters. The summed E-state index contributed by atoms with van der Waals surface area (Å²) in [5.74, 6) is -1.47. The van der Waals surface area contributed by atoms with Crippen LogP contribution in [0.4, 0.5) is 8.78 Å². The number of alkyl halides is 2. The van der Waals surface area contributed by atoms with Crippen molar-refractivity contribution in [2.24, 2.45) is 0 Å². The van der Waals surface area contributed by atoms with Gasteiger partial charge in [-0.1, -0.05) is 6.07 Å². The first-order valence-corrected chi connectivity index (χ1v) is 5.75. The topological polar surface area (TPSA) is 80.6 Å². The summed E-state index contributed by atoms with van der Waals surface area (Å²) in [6.45, 7) is -2.98. The summed E-state index contributed by atoms with van der Waals surface area (Å²) in [4.78, 5) is 23.3. The zero-order chi connectivity index (χ0) is 15.2. The maximum Gasteiger partial charge on any atom is 0.387 e. The van der Waals surface area contributed by atoms with Gasteiger partial charge in [-0.3, -0.25) is 20.4 Å². The maximum absolute atomic E-state index is 12.1. The number of carbonyl (C=O) groups is 2. The highest BCUT2D eigenvalue weighted by Gasteiger charge is 2.12. The summed E-state index contributed by atoms with van der Waals surface area (Å²) in [6.07, 6.45) is 1.31. The van der Waals surface area contributed by atoms with Gasteiger partial charge in [-0.15, -0.1) is 0 Å². The van der Waals surface area contributed by atoms with Gasteiger partial charge in [0.25, 0.3) is 5.91 Å². The Morgan fingerprint density at radius 2 is 1.86 bits per heavy atom. The molecule has 0 bridgehead atoms. The third-order valence-electron chi connectivity index (χ3n) is 2.36. The number of rotatable bonds is 4. The number of halogens is 2. The van der Waals surface area contributed by atoms with Crippen molar-refractivity contribution >= 4 is 11.8 Å². The van der Waals surface area contributed by atoms with Crippen molar-refractivity contribution in [3.8, 4) is 5.75 Å². The van der Waals surface area contributed by atoms with Crippen LogP contribution in [0.25, 0.3) is 0 Å². The van der Waals surface area contributed by atoms with E-state index < -0.39 is 18.4 Å². The van der Waals surface area contributed by atoms with Crippen molar-refractivity contribution < 1.29 is 27.5 Å². The Labute approximate surface area is 117 Å². The third kappa shape index (κ3) is 4.03. The molecule has 0 unspecified atom stereocenters. The molecule has 1 heterocycles. The minimum atomic E-state index is -2.98. The summed E-state index contributed by atoms with van der Waals surface area (Å²) >= 11 is 0. The Morgan fingerprint density at radius 1 is 1.10 bits per heavy atom. The lowest BCUT2D eigenvalue weighted by Gasteiger charge is -2.08. The lowest BCUT2D eigenvalue weighted by atomic mass is 10.2. The molecule has 0 saturated carbocycles. The van der Waals surface area contributed by atoms with Gasteiger partial charge in [0.1, 0.15) is 5.75 Å². The van der Waals surface area contributed by atoms with Crippen molar-refractivity contribution in [3.63, 3.8) is 0 Å². The lowest BCUT2D eigenvalue weighted by Crippen LogP contribution is -2.41. The molecule has 0 aliphatic heterocycles. The standard InChI is InChI=1S/C13H10F2N2O4/c14-13(15)21-9-4-1-3-8(7-9)11(18)16-17-12(19)10-5-2-6-20-10/h1-7,13H,(H,16,18)(H,17,19). The molecule has 0 spiro atoms. The molecule has 21 heavy (non-hydrogen) atoms. The minimum Gasteiger partial charge on any atom is -0.459 e. The summed E-state index contributed by atoms with van der Waals surface area (Å²) in [7, 11) is 0. The lowest BCUT2D eigenvalue weighted by molar-refractivity contribution is -0.0498. The fourth-order valence-electron chi connectivity index (χ4n) is 1.47. The summed E-state index contributed by atoms with van der Waals surface area (Å²) < 4.78 is 33.2. The number of hydrazine groups is 1. The number of nitrogens with one attached hydrogen (secondary N) is 2. The Morgan fingerprint density at radius 3 is 2.52 bits per heavy atom. The van der Waals surface area contributed by atoms with Gasteiger partial charge < -0.3 is 9.15 Å². The van der Waals surface area contributed by atoms with Crippen LogP contribution in [0.5, 0.6) is 5.75 Å². The molecular weight excluding hydrogens is 286 g/mol. The maximum atomic E-state index is 12.1. The zero-order valence-corrected chi connectivity index (χ0v) is 10.5. The number of amides is 2. The first-order chi connectivity index (χ1) is 10.1. The van der Waals surface area contributed by atoms with Crippen LogP contribution in [0.15, 0.2) is 47.1 Å². The van der Waals surface area contributed by atoms with E-state index >= 15 is 0 Å². The largest absolute Gasteiger partial charge is 0.459 e. The highest BCUT2D eigenvalue weighted by Crippen LogP contribution is 2.15. The molecule has 2 rings (SSSR count). The van der Waals surface area contributed by atoms with Gasteiger partial charge in [-0.2, -0.15) is 8.78 Å². The SMILES string of the molecule is O=C(NNC(=O)c1ccco1)c1cccc(OC(F)F)c1. The Kier molecular flexibility index (Phi) is 4.50. The van der Waals surface area contributed by atoms with Gasteiger partial charge >= 0.3 is 12.5 Å². The average Bonchev–Trinajstić information content (AvgIpc) is 2.98. The molecule has 2 amide bonds. The molecule has 1 aromatic heterocycles. The highest BCUT2D eigenvalue weighted by molar-refractivity contribution is 5.98. The molecule has 110 valence electrons. The van der Waals surface area contributed by atoms with Crippen LogP contribution in [0.2, 0.25) is 0 Å². The van der Waals surface area contributed by atoms with Crippen LogP contribution in [0.3, 0.4) is 0 Å². The predicted molar refractivity (Wildman–Crippen MR) is 66.7 cm³/mol. The highest BCUT2D eigenvalue weighted by atomic mass is 19.3. The number of carbonyl (C=O) groups excluding carboxylic acids is 2. The van der Waals surface area contributed by atoms with E-state index in [0.29, 0.717) is 0 Å². The zero-order valence-electron chi connectivity index (χ0n) is 10.5. The van der Waals surface area contributed by atoms with Crippen LogP contribution in [-0.2, 0) is 0 Å². The summed E-state index contributed by atoms with van der Waals surface area (Å²) in [5.41, 5.74) is 4.30. The van der Waals surface area contributed by atoms with Crippen molar-refractivity contribution in [1.82, 2.24) is 10.9 Å². The molecule has 2 N–H and O–H groups in total. The van der Waals surface area contributed by atoms with Crippen molar-refractivity contribution in [2.75, 3.05) is 0 Å². The van der Waals surface area contributed by atoms with Crippen molar-refractivity contribution in [3.05, 3.63) is 54.0 Å². The molecule has 2 aromatic rings. The van der Waals surface area contributed by atoms with Crippen LogP contribution in [0.1, 0.15) is 20.9 Å². The van der Waals surface area contributed by atoms with Crippen LogP contribution in [-0.4, -0.2) is 18.4 Å². The monoisotopic (exact) mass is 296 g/mol. The van der Waals surface area contributed by atoms with Crippen molar-refractivity contribution in [1.29, 1.82) is 0 Å². The van der Waals surface area contributed by atoms with Gasteiger partial charge in [0, 0.05) is 5.56 Å². The molecule has 0 aliphatic rings. The second-order valence-electron chi connectivity index (χ2n) is 3.79. The summed E-state index contributed by atoms with van der Waals surface area (Å²) in [6, 6.07) is 8.10. The fourth-order valence-corrected chi connectivity index (χ4v) is 1.47. The normalized spacial score (nSPS) is 10.2. The van der Waals surface area contributed by atoms with Gasteiger partial charge in [0.15, 0.2) is 5.76 Å². The van der Waals surface area contributed by atoms with E-state index in [2.05, 4.69) is 15.6 Å². The number of hydrogen-bond donors (Lipinski definition) is 2. The Bertz CT molecular complexity index is 629. The van der Waals surface area contributed by atoms with E-state index in [1.165, 1.54) is 36.6 Å². The smallest absolute Gasteiger partial charge is 0.387 e. The molecular formula is C13H10F2N2O4. The average molecular weight is 296 g/mol. The second-order valence-corrected chi connectivity index (χ2v) is 3.79. The van der Waals surface area contributed by atoms with E-state index in [4.69, 9.17) is 4.42 Å². The van der Waals surface area contributed by atoms with E-state index in [0.717, 1.165) is 6.07 Å². The first kappa shape index (κ1) is 14.5. The Hall–Kier alpha value is -2.90. The van der Waals surface area contributed by atoms with E-state index in [9.17, 15) is 18.4 Å².